The van der Waals surface area contributed by atoms with Gasteiger partial charge in [-0.3, -0.25) is 0 Å². The molecular formula is C15H20ClN3O. The first kappa shape index (κ1) is 15.0. The summed E-state index contributed by atoms with van der Waals surface area (Å²) in [6.07, 6.45) is 4.17. The molecule has 0 unspecified atom stereocenters. The number of aryl methyl sites for hydroxylation is 2. The Morgan fingerprint density at radius 3 is 2.30 bits per heavy atom. The summed E-state index contributed by atoms with van der Waals surface area (Å²) in [5.74, 6) is 1.22. The third kappa shape index (κ3) is 2.72. The molecule has 3 rings (SSSR count). The highest BCUT2D eigenvalue weighted by Gasteiger charge is 2.36. The fraction of sp³-hybridized carbons (Fsp3) is 0.467. The molecular weight excluding hydrogens is 274 g/mol. The van der Waals surface area contributed by atoms with Crippen LogP contribution < -0.4 is 5.73 Å². The maximum Gasteiger partial charge on any atom is 0.258 e. The molecule has 1 fully saturated rings. The van der Waals surface area contributed by atoms with E-state index in [1.54, 1.807) is 0 Å². The van der Waals surface area contributed by atoms with Gasteiger partial charge in [-0.25, -0.2) is 0 Å². The molecule has 1 saturated carbocycles. The van der Waals surface area contributed by atoms with Crippen LogP contribution in [0.4, 0.5) is 0 Å². The van der Waals surface area contributed by atoms with Crippen molar-refractivity contribution in [1.29, 1.82) is 0 Å². The van der Waals surface area contributed by atoms with Gasteiger partial charge >= 0.3 is 0 Å². The molecule has 2 aromatic rings. The monoisotopic (exact) mass is 293 g/mol. The van der Waals surface area contributed by atoms with Crippen LogP contribution in [0.1, 0.15) is 42.6 Å². The maximum absolute atomic E-state index is 6.35. The molecule has 2 N–H and O–H groups in total. The molecule has 0 saturated heterocycles. The molecule has 0 spiro atoms. The number of rotatable bonds is 2. The summed E-state index contributed by atoms with van der Waals surface area (Å²) >= 11 is 0. The van der Waals surface area contributed by atoms with Gasteiger partial charge in [0.15, 0.2) is 5.82 Å². The van der Waals surface area contributed by atoms with Gasteiger partial charge in [0.2, 0.25) is 0 Å². The molecule has 5 heteroatoms. The van der Waals surface area contributed by atoms with Crippen molar-refractivity contribution in [3.05, 3.63) is 35.2 Å². The molecule has 0 atom stereocenters. The Bertz CT molecular complexity index is 583. The maximum atomic E-state index is 6.35. The number of benzene rings is 1. The molecule has 1 aromatic heterocycles. The van der Waals surface area contributed by atoms with E-state index in [0.717, 1.165) is 31.2 Å². The number of halogens is 1. The topological polar surface area (TPSA) is 64.9 Å². The van der Waals surface area contributed by atoms with Gasteiger partial charge in [0, 0.05) is 5.56 Å². The molecule has 1 aliphatic rings. The van der Waals surface area contributed by atoms with Gasteiger partial charge in [-0.2, -0.15) is 4.98 Å². The van der Waals surface area contributed by atoms with Crippen molar-refractivity contribution in [2.45, 2.75) is 45.1 Å². The van der Waals surface area contributed by atoms with Crippen LogP contribution in [-0.2, 0) is 5.54 Å². The fourth-order valence-electron chi connectivity index (χ4n) is 2.87. The van der Waals surface area contributed by atoms with E-state index in [9.17, 15) is 0 Å². The normalized spacial score (nSPS) is 16.9. The van der Waals surface area contributed by atoms with Gasteiger partial charge in [0.05, 0.1) is 5.54 Å². The Morgan fingerprint density at radius 2 is 1.70 bits per heavy atom. The van der Waals surface area contributed by atoms with Crippen molar-refractivity contribution in [2.75, 3.05) is 0 Å². The van der Waals surface area contributed by atoms with Gasteiger partial charge in [-0.1, -0.05) is 35.2 Å². The van der Waals surface area contributed by atoms with E-state index < -0.39 is 0 Å². The van der Waals surface area contributed by atoms with Crippen molar-refractivity contribution in [2.24, 2.45) is 5.73 Å². The second-order valence-corrected chi connectivity index (χ2v) is 5.66. The van der Waals surface area contributed by atoms with Crippen molar-refractivity contribution in [3.8, 4) is 11.5 Å². The summed E-state index contributed by atoms with van der Waals surface area (Å²) in [4.78, 5) is 4.51. The largest absolute Gasteiger partial charge is 0.334 e. The minimum absolute atomic E-state index is 0. The van der Waals surface area contributed by atoms with Crippen LogP contribution in [0.15, 0.2) is 22.7 Å². The fourth-order valence-corrected chi connectivity index (χ4v) is 2.87. The summed E-state index contributed by atoms with van der Waals surface area (Å²) in [7, 11) is 0. The zero-order chi connectivity index (χ0) is 13.5. The zero-order valence-corrected chi connectivity index (χ0v) is 12.7. The first-order valence-corrected chi connectivity index (χ1v) is 6.79. The molecule has 108 valence electrons. The smallest absolute Gasteiger partial charge is 0.258 e. The van der Waals surface area contributed by atoms with Crippen molar-refractivity contribution < 1.29 is 4.52 Å². The van der Waals surface area contributed by atoms with E-state index in [0.29, 0.717) is 11.7 Å². The molecule has 1 heterocycles. The van der Waals surface area contributed by atoms with Crippen LogP contribution in [-0.4, -0.2) is 10.1 Å². The third-order valence-corrected chi connectivity index (χ3v) is 3.84. The average Bonchev–Trinajstić information content (AvgIpc) is 2.96. The van der Waals surface area contributed by atoms with E-state index >= 15 is 0 Å². The van der Waals surface area contributed by atoms with E-state index in [-0.39, 0.29) is 17.9 Å². The second kappa shape index (κ2) is 5.54. The molecule has 0 aliphatic heterocycles. The van der Waals surface area contributed by atoms with Crippen LogP contribution in [0.3, 0.4) is 0 Å². The summed E-state index contributed by atoms with van der Waals surface area (Å²) in [6, 6.07) is 6.24. The zero-order valence-electron chi connectivity index (χ0n) is 11.8. The van der Waals surface area contributed by atoms with Gasteiger partial charge < -0.3 is 10.3 Å². The van der Waals surface area contributed by atoms with Crippen LogP contribution in [0, 0.1) is 13.8 Å². The minimum atomic E-state index is -0.388. The lowest BCUT2D eigenvalue weighted by Crippen LogP contribution is -2.34. The van der Waals surface area contributed by atoms with Crippen molar-refractivity contribution in [3.63, 3.8) is 0 Å². The molecule has 20 heavy (non-hydrogen) atoms. The second-order valence-electron chi connectivity index (χ2n) is 5.66. The van der Waals surface area contributed by atoms with Crippen LogP contribution in [0.2, 0.25) is 0 Å². The summed E-state index contributed by atoms with van der Waals surface area (Å²) in [6.45, 7) is 4.13. The Hall–Kier alpha value is -1.39. The summed E-state index contributed by atoms with van der Waals surface area (Å²) in [5, 5.41) is 4.09. The lowest BCUT2D eigenvalue weighted by Gasteiger charge is -2.17. The Balaban J connectivity index is 0.00000147. The Labute approximate surface area is 125 Å². The van der Waals surface area contributed by atoms with E-state index in [2.05, 4.69) is 42.2 Å². The Kier molecular flexibility index (Phi) is 4.16. The molecule has 0 amide bonds. The van der Waals surface area contributed by atoms with E-state index in [4.69, 9.17) is 10.3 Å². The summed E-state index contributed by atoms with van der Waals surface area (Å²) < 4.78 is 5.40. The predicted octanol–water partition coefficient (Wildman–Crippen LogP) is 3.50. The van der Waals surface area contributed by atoms with E-state index in [1.807, 2.05) is 0 Å². The SMILES string of the molecule is Cc1cc(C)cc(-c2nc(C3(N)CCCC3)no2)c1.Cl. The molecule has 0 radical (unpaired) electrons. The van der Waals surface area contributed by atoms with E-state index in [1.165, 1.54) is 11.1 Å². The Morgan fingerprint density at radius 1 is 1.10 bits per heavy atom. The van der Waals surface area contributed by atoms with Gasteiger partial charge in [0.1, 0.15) is 0 Å². The third-order valence-electron chi connectivity index (χ3n) is 3.84. The first-order chi connectivity index (χ1) is 9.07. The quantitative estimate of drug-likeness (QED) is 0.920. The lowest BCUT2D eigenvalue weighted by atomic mass is 9.98. The number of nitrogens with two attached hydrogens (primary N) is 1. The molecule has 1 aromatic carbocycles. The highest BCUT2D eigenvalue weighted by Crippen LogP contribution is 2.35. The predicted molar refractivity (Wildman–Crippen MR) is 80.8 cm³/mol. The molecule has 1 aliphatic carbocycles. The number of hydrogen-bond acceptors (Lipinski definition) is 4. The number of aromatic nitrogens is 2. The standard InChI is InChI=1S/C15H19N3O.ClH/c1-10-7-11(2)9-12(8-10)13-17-14(18-19-13)15(16)5-3-4-6-15;/h7-9H,3-6,16H2,1-2H3;1H. The molecule has 4 nitrogen and oxygen atoms in total. The minimum Gasteiger partial charge on any atom is -0.334 e. The van der Waals surface area contributed by atoms with Crippen LogP contribution in [0.5, 0.6) is 0 Å². The average molecular weight is 294 g/mol. The van der Waals surface area contributed by atoms with Gasteiger partial charge in [-0.15, -0.1) is 12.4 Å². The highest BCUT2D eigenvalue weighted by atomic mass is 35.5. The van der Waals surface area contributed by atoms with Crippen molar-refractivity contribution in [1.82, 2.24) is 10.1 Å². The van der Waals surface area contributed by atoms with Crippen molar-refractivity contribution >= 4 is 12.4 Å². The van der Waals surface area contributed by atoms with Gasteiger partial charge in [-0.05, 0) is 38.8 Å². The van der Waals surface area contributed by atoms with Crippen LogP contribution in [0.25, 0.3) is 11.5 Å². The summed E-state index contributed by atoms with van der Waals surface area (Å²) in [5.41, 5.74) is 9.31. The first-order valence-electron chi connectivity index (χ1n) is 6.79. The van der Waals surface area contributed by atoms with Crippen LogP contribution >= 0.6 is 12.4 Å². The highest BCUT2D eigenvalue weighted by molar-refractivity contribution is 5.85. The number of nitrogens with zero attached hydrogens (tertiary/aromatic N) is 2. The van der Waals surface area contributed by atoms with Gasteiger partial charge in [0.25, 0.3) is 5.89 Å². The number of hydrogen-bond donors (Lipinski definition) is 1. The molecule has 0 bridgehead atoms. The lowest BCUT2D eigenvalue weighted by molar-refractivity contribution is 0.372.